The van der Waals surface area contributed by atoms with Crippen LogP contribution in [0, 0.1) is 0 Å². The minimum atomic E-state index is -4.34. The first-order chi connectivity index (χ1) is 10.7. The normalized spacial score (nSPS) is 12.5. The molecule has 1 rings (SSSR count). The van der Waals surface area contributed by atoms with Gasteiger partial charge in [-0.2, -0.15) is 13.2 Å². The molecule has 24 heavy (non-hydrogen) atoms. The van der Waals surface area contributed by atoms with Crippen molar-refractivity contribution < 1.29 is 17.9 Å². The van der Waals surface area contributed by atoms with Crippen LogP contribution in [-0.2, 0) is 17.5 Å². The van der Waals surface area contributed by atoms with E-state index in [0.29, 0.717) is 24.6 Å². The average Bonchev–Trinajstić information content (AvgIpc) is 2.49. The van der Waals surface area contributed by atoms with E-state index in [1.54, 1.807) is 13.2 Å². The summed E-state index contributed by atoms with van der Waals surface area (Å²) in [6.45, 7) is 7.11. The molecule has 1 aromatic carbocycles. The lowest BCUT2D eigenvalue weighted by Crippen LogP contribution is -2.45. The number of guanidine groups is 1. The number of alkyl halides is 3. The lowest BCUT2D eigenvalue weighted by atomic mass is 10.1. The number of ether oxygens (including phenoxy) is 1. The van der Waals surface area contributed by atoms with Gasteiger partial charge in [-0.15, -0.1) is 24.0 Å². The van der Waals surface area contributed by atoms with E-state index < -0.39 is 11.7 Å². The van der Waals surface area contributed by atoms with Gasteiger partial charge in [0.1, 0.15) is 0 Å². The monoisotopic (exact) mass is 459 g/mol. The number of nitrogens with zero attached hydrogens (tertiary/aromatic N) is 1. The molecule has 0 aliphatic rings. The molecule has 138 valence electrons. The Bertz CT molecular complexity index is 534. The largest absolute Gasteiger partial charge is 0.416 e. The van der Waals surface area contributed by atoms with Crippen molar-refractivity contribution in [3.63, 3.8) is 0 Å². The van der Waals surface area contributed by atoms with Crippen LogP contribution in [-0.4, -0.2) is 31.8 Å². The van der Waals surface area contributed by atoms with E-state index in [9.17, 15) is 13.2 Å². The third kappa shape index (κ3) is 8.18. The summed E-state index contributed by atoms with van der Waals surface area (Å²) in [5, 5.41) is 6.17. The minimum Gasteiger partial charge on any atom is -0.377 e. The van der Waals surface area contributed by atoms with E-state index in [-0.39, 0.29) is 36.1 Å². The molecular weight excluding hydrogens is 434 g/mol. The fourth-order valence-electron chi connectivity index (χ4n) is 1.73. The number of rotatable bonds is 6. The van der Waals surface area contributed by atoms with Gasteiger partial charge in [-0.25, -0.2) is 4.99 Å². The van der Waals surface area contributed by atoms with Gasteiger partial charge in [-0.1, -0.05) is 12.1 Å². The number of hydrogen-bond acceptors (Lipinski definition) is 2. The Morgan fingerprint density at radius 3 is 2.42 bits per heavy atom. The molecule has 2 N–H and O–H groups in total. The van der Waals surface area contributed by atoms with E-state index in [4.69, 9.17) is 4.74 Å². The summed E-state index contributed by atoms with van der Waals surface area (Å²) in [7, 11) is 1.62. The molecule has 0 bridgehead atoms. The molecule has 0 heterocycles. The zero-order valence-electron chi connectivity index (χ0n) is 14.3. The highest BCUT2D eigenvalue weighted by Crippen LogP contribution is 2.29. The van der Waals surface area contributed by atoms with Crippen LogP contribution in [0.25, 0.3) is 0 Å². The van der Waals surface area contributed by atoms with Crippen LogP contribution in [0.15, 0.2) is 29.3 Å². The summed E-state index contributed by atoms with van der Waals surface area (Å²) in [4.78, 5) is 4.32. The third-order valence-electron chi connectivity index (χ3n) is 3.25. The van der Waals surface area contributed by atoms with Gasteiger partial charge in [0, 0.05) is 20.2 Å². The number of methoxy groups -OCH3 is 1. The predicted molar refractivity (Wildman–Crippen MR) is 101 cm³/mol. The first-order valence-electron chi connectivity index (χ1n) is 7.41. The number of aliphatic imine (C=N–C) groups is 1. The number of benzene rings is 1. The maximum absolute atomic E-state index is 12.7. The van der Waals surface area contributed by atoms with Crippen molar-refractivity contribution in [2.75, 3.05) is 20.2 Å². The SMILES string of the molecule is CCNC(=NCc1cccc(C(F)(F)F)c1)NCC(C)(C)OC.I. The lowest BCUT2D eigenvalue weighted by molar-refractivity contribution is -0.137. The number of hydrogen-bond donors (Lipinski definition) is 2. The third-order valence-corrected chi connectivity index (χ3v) is 3.25. The first-order valence-corrected chi connectivity index (χ1v) is 7.41. The molecule has 0 aromatic heterocycles. The Morgan fingerprint density at radius 1 is 1.21 bits per heavy atom. The van der Waals surface area contributed by atoms with E-state index >= 15 is 0 Å². The topological polar surface area (TPSA) is 45.7 Å². The Labute approximate surface area is 158 Å². The summed E-state index contributed by atoms with van der Waals surface area (Å²) in [6.07, 6.45) is -4.34. The van der Waals surface area contributed by atoms with Crippen molar-refractivity contribution >= 4 is 29.9 Å². The molecule has 0 radical (unpaired) electrons. The van der Waals surface area contributed by atoms with Crippen LogP contribution in [0.1, 0.15) is 31.9 Å². The van der Waals surface area contributed by atoms with Crippen molar-refractivity contribution in [2.24, 2.45) is 4.99 Å². The molecule has 0 spiro atoms. The van der Waals surface area contributed by atoms with Gasteiger partial charge >= 0.3 is 6.18 Å². The van der Waals surface area contributed by atoms with E-state index in [1.165, 1.54) is 6.07 Å². The highest BCUT2D eigenvalue weighted by Gasteiger charge is 2.30. The number of halogens is 4. The molecule has 8 heteroatoms. The smallest absolute Gasteiger partial charge is 0.377 e. The molecule has 0 aliphatic heterocycles. The molecule has 0 aliphatic carbocycles. The summed E-state index contributed by atoms with van der Waals surface area (Å²) >= 11 is 0. The second-order valence-corrected chi connectivity index (χ2v) is 5.71. The van der Waals surface area contributed by atoms with E-state index in [2.05, 4.69) is 15.6 Å². The van der Waals surface area contributed by atoms with Crippen LogP contribution >= 0.6 is 24.0 Å². The Balaban J connectivity index is 0.00000529. The summed E-state index contributed by atoms with van der Waals surface area (Å²) in [6, 6.07) is 5.19. The maximum Gasteiger partial charge on any atom is 0.416 e. The second-order valence-electron chi connectivity index (χ2n) is 5.71. The van der Waals surface area contributed by atoms with Gasteiger partial charge in [0.25, 0.3) is 0 Å². The standard InChI is InChI=1S/C16H24F3N3O.HI/c1-5-20-14(22-11-15(2,3)23-4)21-10-12-7-6-8-13(9-12)16(17,18)19;/h6-9H,5,10-11H2,1-4H3,(H2,20,21,22);1H. The fourth-order valence-corrected chi connectivity index (χ4v) is 1.73. The Morgan fingerprint density at radius 2 is 1.88 bits per heavy atom. The molecule has 0 atom stereocenters. The van der Waals surface area contributed by atoms with Crippen molar-refractivity contribution in [1.82, 2.24) is 10.6 Å². The molecular formula is C16H25F3IN3O. The zero-order valence-corrected chi connectivity index (χ0v) is 16.7. The quantitative estimate of drug-likeness (QED) is 0.387. The average molecular weight is 459 g/mol. The lowest BCUT2D eigenvalue weighted by Gasteiger charge is -2.24. The molecule has 0 amide bonds. The maximum atomic E-state index is 12.7. The van der Waals surface area contributed by atoms with Gasteiger partial charge in [-0.3, -0.25) is 0 Å². The van der Waals surface area contributed by atoms with Crippen LogP contribution < -0.4 is 10.6 Å². The Kier molecular flexibility index (Phi) is 9.64. The zero-order chi connectivity index (χ0) is 17.5. The molecule has 0 unspecified atom stereocenters. The minimum absolute atomic E-state index is 0. The van der Waals surface area contributed by atoms with Crippen molar-refractivity contribution in [2.45, 2.75) is 39.1 Å². The number of nitrogens with one attached hydrogen (secondary N) is 2. The van der Waals surface area contributed by atoms with Crippen molar-refractivity contribution in [1.29, 1.82) is 0 Å². The van der Waals surface area contributed by atoms with Gasteiger partial charge in [0.05, 0.1) is 17.7 Å². The molecule has 4 nitrogen and oxygen atoms in total. The van der Waals surface area contributed by atoms with Gasteiger partial charge in [0.15, 0.2) is 5.96 Å². The van der Waals surface area contributed by atoms with Crippen LogP contribution in [0.3, 0.4) is 0 Å². The first kappa shape index (κ1) is 23.0. The molecule has 0 fully saturated rings. The van der Waals surface area contributed by atoms with Gasteiger partial charge in [-0.05, 0) is 38.5 Å². The fraction of sp³-hybridized carbons (Fsp3) is 0.562. The van der Waals surface area contributed by atoms with E-state index in [1.807, 2.05) is 20.8 Å². The molecule has 0 saturated heterocycles. The summed E-state index contributed by atoms with van der Waals surface area (Å²) in [5.74, 6) is 0.537. The van der Waals surface area contributed by atoms with Crippen LogP contribution in [0.2, 0.25) is 0 Å². The highest BCUT2D eigenvalue weighted by atomic mass is 127. The Hall–Kier alpha value is -1.03. The van der Waals surface area contributed by atoms with Crippen LogP contribution in [0.5, 0.6) is 0 Å². The summed E-state index contributed by atoms with van der Waals surface area (Å²) in [5.41, 5.74) is -0.529. The van der Waals surface area contributed by atoms with Crippen molar-refractivity contribution in [3.05, 3.63) is 35.4 Å². The predicted octanol–water partition coefficient (Wildman–Crippen LogP) is 3.80. The van der Waals surface area contributed by atoms with Crippen LogP contribution in [0.4, 0.5) is 13.2 Å². The van der Waals surface area contributed by atoms with Crippen molar-refractivity contribution in [3.8, 4) is 0 Å². The molecule has 1 aromatic rings. The van der Waals surface area contributed by atoms with Gasteiger partial charge < -0.3 is 15.4 Å². The molecule has 0 saturated carbocycles. The van der Waals surface area contributed by atoms with Gasteiger partial charge in [0.2, 0.25) is 0 Å². The second kappa shape index (κ2) is 10.1. The summed E-state index contributed by atoms with van der Waals surface area (Å²) < 4.78 is 43.4. The highest BCUT2D eigenvalue weighted by molar-refractivity contribution is 14.0. The van der Waals surface area contributed by atoms with E-state index in [0.717, 1.165) is 12.1 Å².